The Morgan fingerprint density at radius 1 is 1.31 bits per heavy atom. The Kier molecular flexibility index (Phi) is 3.44. The molecule has 0 spiro atoms. The van der Waals surface area contributed by atoms with E-state index in [9.17, 15) is 0 Å². The second-order valence-electron chi connectivity index (χ2n) is 4.07. The first-order valence-electron chi connectivity index (χ1n) is 5.72. The molecule has 1 N–H and O–H groups in total. The minimum absolute atomic E-state index is 0.518. The van der Waals surface area contributed by atoms with Crippen molar-refractivity contribution in [3.63, 3.8) is 0 Å². The fourth-order valence-corrected chi connectivity index (χ4v) is 2.11. The fourth-order valence-electron chi connectivity index (χ4n) is 1.84. The smallest absolute Gasteiger partial charge is 0.156 e. The summed E-state index contributed by atoms with van der Waals surface area (Å²) in [6.45, 7) is 4.06. The predicted octanol–water partition coefficient (Wildman–Crippen LogP) is 3.65. The molecule has 0 amide bonds. The third-order valence-electron chi connectivity index (χ3n) is 2.65. The molecule has 86 valence electrons. The van der Waals surface area contributed by atoms with Crippen molar-refractivity contribution in [2.45, 2.75) is 39.5 Å². The normalized spacial score (nSPS) is 11.2. The van der Waals surface area contributed by atoms with Crippen molar-refractivity contribution in [2.24, 2.45) is 0 Å². The summed E-state index contributed by atoms with van der Waals surface area (Å²) in [6, 6.07) is 2.07. The van der Waals surface area contributed by atoms with Gasteiger partial charge >= 0.3 is 0 Å². The van der Waals surface area contributed by atoms with E-state index in [1.54, 1.807) is 0 Å². The van der Waals surface area contributed by atoms with Gasteiger partial charge in [0.05, 0.1) is 5.52 Å². The molecular formula is C12H16ClN3. The van der Waals surface area contributed by atoms with Crippen LogP contribution in [0.2, 0.25) is 5.15 Å². The van der Waals surface area contributed by atoms with Crippen LogP contribution in [0.3, 0.4) is 0 Å². The highest BCUT2D eigenvalue weighted by Crippen LogP contribution is 2.21. The molecular weight excluding hydrogens is 222 g/mol. The number of H-pyrrole nitrogens is 1. The molecule has 2 aromatic rings. The molecule has 0 bridgehead atoms. The molecule has 0 radical (unpaired) electrons. The van der Waals surface area contributed by atoms with Crippen molar-refractivity contribution in [3.05, 3.63) is 22.7 Å². The second-order valence-corrected chi connectivity index (χ2v) is 4.43. The summed E-state index contributed by atoms with van der Waals surface area (Å²) in [5.74, 6) is 0.719. The van der Waals surface area contributed by atoms with Crippen molar-refractivity contribution in [2.75, 3.05) is 0 Å². The molecule has 2 rings (SSSR count). The van der Waals surface area contributed by atoms with Crippen LogP contribution in [0.25, 0.3) is 11.0 Å². The third-order valence-corrected chi connectivity index (χ3v) is 2.92. The number of aromatic nitrogens is 3. The Labute approximate surface area is 100 Å². The molecule has 0 aliphatic heterocycles. The molecule has 16 heavy (non-hydrogen) atoms. The highest BCUT2D eigenvalue weighted by Gasteiger charge is 2.07. The topological polar surface area (TPSA) is 41.6 Å². The van der Waals surface area contributed by atoms with E-state index in [0.29, 0.717) is 5.15 Å². The Morgan fingerprint density at radius 3 is 2.88 bits per heavy atom. The number of nitrogens with one attached hydrogen (secondary N) is 1. The summed E-state index contributed by atoms with van der Waals surface area (Å²) in [7, 11) is 0. The van der Waals surface area contributed by atoms with Gasteiger partial charge in [-0.3, -0.25) is 0 Å². The van der Waals surface area contributed by atoms with Gasteiger partial charge in [-0.15, -0.1) is 0 Å². The molecule has 3 nitrogen and oxygen atoms in total. The number of unbranched alkanes of at least 4 members (excludes halogenated alkanes) is 2. The van der Waals surface area contributed by atoms with E-state index in [1.165, 1.54) is 25.0 Å². The lowest BCUT2D eigenvalue weighted by atomic mass is 10.2. The first kappa shape index (κ1) is 11.4. The van der Waals surface area contributed by atoms with Gasteiger partial charge in [-0.1, -0.05) is 31.4 Å². The van der Waals surface area contributed by atoms with Crippen molar-refractivity contribution in [1.29, 1.82) is 0 Å². The molecule has 0 fully saturated rings. The molecule has 0 unspecified atom stereocenters. The summed E-state index contributed by atoms with van der Waals surface area (Å²) in [6.07, 6.45) is 4.75. The van der Waals surface area contributed by atoms with Gasteiger partial charge in [-0.05, 0) is 25.8 Å². The number of halogens is 1. The molecule has 2 aromatic heterocycles. The standard InChI is InChI=1S/C12H16ClN3/c1-3-4-5-6-9-7-10-11(16-9)12(13)15-8(2)14-10/h7,16H,3-6H2,1-2H3. The lowest BCUT2D eigenvalue weighted by Crippen LogP contribution is -1.88. The molecule has 0 atom stereocenters. The lowest BCUT2D eigenvalue weighted by Gasteiger charge is -1.95. The summed E-state index contributed by atoms with van der Waals surface area (Å²) >= 11 is 6.05. The van der Waals surface area contributed by atoms with Crippen molar-refractivity contribution < 1.29 is 0 Å². The number of nitrogens with zero attached hydrogens (tertiary/aromatic N) is 2. The molecule has 0 aromatic carbocycles. The quantitative estimate of drug-likeness (QED) is 0.652. The van der Waals surface area contributed by atoms with Crippen LogP contribution < -0.4 is 0 Å². The molecule has 0 saturated heterocycles. The minimum Gasteiger partial charge on any atom is -0.355 e. The average molecular weight is 238 g/mol. The van der Waals surface area contributed by atoms with E-state index in [4.69, 9.17) is 11.6 Å². The first-order valence-corrected chi connectivity index (χ1v) is 6.10. The molecule has 0 aliphatic rings. The Bertz CT molecular complexity index is 490. The summed E-state index contributed by atoms with van der Waals surface area (Å²) in [4.78, 5) is 11.8. The van der Waals surface area contributed by atoms with Gasteiger partial charge in [-0.2, -0.15) is 0 Å². The summed E-state index contributed by atoms with van der Waals surface area (Å²) < 4.78 is 0. The Morgan fingerprint density at radius 2 is 2.12 bits per heavy atom. The zero-order valence-corrected chi connectivity index (χ0v) is 10.4. The number of aromatic amines is 1. The highest BCUT2D eigenvalue weighted by molar-refractivity contribution is 6.33. The fraction of sp³-hybridized carbons (Fsp3) is 0.500. The monoisotopic (exact) mass is 237 g/mol. The maximum Gasteiger partial charge on any atom is 0.156 e. The first-order chi connectivity index (χ1) is 7.70. The average Bonchev–Trinajstić information content (AvgIpc) is 2.61. The minimum atomic E-state index is 0.518. The largest absolute Gasteiger partial charge is 0.355 e. The van der Waals surface area contributed by atoms with Gasteiger partial charge in [0, 0.05) is 5.69 Å². The Balaban J connectivity index is 2.26. The highest BCUT2D eigenvalue weighted by atomic mass is 35.5. The van der Waals surface area contributed by atoms with Crippen LogP contribution in [-0.4, -0.2) is 15.0 Å². The van der Waals surface area contributed by atoms with E-state index in [2.05, 4.69) is 27.9 Å². The van der Waals surface area contributed by atoms with E-state index >= 15 is 0 Å². The van der Waals surface area contributed by atoms with Gasteiger partial charge in [0.1, 0.15) is 11.3 Å². The molecule has 4 heteroatoms. The van der Waals surface area contributed by atoms with E-state index in [-0.39, 0.29) is 0 Å². The number of aryl methyl sites for hydroxylation is 2. The SMILES string of the molecule is CCCCCc1cc2nc(C)nc(Cl)c2[nH]1. The van der Waals surface area contributed by atoms with Crippen LogP contribution in [0.1, 0.15) is 37.7 Å². The maximum atomic E-state index is 6.05. The number of fused-ring (bicyclic) bond motifs is 1. The summed E-state index contributed by atoms with van der Waals surface area (Å²) in [5, 5.41) is 0.518. The lowest BCUT2D eigenvalue weighted by molar-refractivity contribution is 0.710. The van der Waals surface area contributed by atoms with Crippen molar-refractivity contribution in [1.82, 2.24) is 15.0 Å². The van der Waals surface area contributed by atoms with Gasteiger partial charge in [-0.25, -0.2) is 9.97 Å². The number of hydrogen-bond acceptors (Lipinski definition) is 2. The van der Waals surface area contributed by atoms with Gasteiger partial charge in [0.2, 0.25) is 0 Å². The van der Waals surface area contributed by atoms with Crippen LogP contribution in [0.5, 0.6) is 0 Å². The van der Waals surface area contributed by atoms with Crippen molar-refractivity contribution >= 4 is 22.6 Å². The van der Waals surface area contributed by atoms with E-state index in [1.807, 2.05) is 6.92 Å². The van der Waals surface area contributed by atoms with Crippen LogP contribution in [0.4, 0.5) is 0 Å². The van der Waals surface area contributed by atoms with E-state index in [0.717, 1.165) is 23.3 Å². The molecule has 0 aliphatic carbocycles. The zero-order valence-electron chi connectivity index (χ0n) is 9.68. The predicted molar refractivity (Wildman–Crippen MR) is 66.9 cm³/mol. The van der Waals surface area contributed by atoms with Crippen LogP contribution in [-0.2, 0) is 6.42 Å². The summed E-state index contributed by atoms with van der Waals surface area (Å²) in [5.41, 5.74) is 2.98. The zero-order chi connectivity index (χ0) is 11.5. The maximum absolute atomic E-state index is 6.05. The number of rotatable bonds is 4. The van der Waals surface area contributed by atoms with Gasteiger partial charge in [0.15, 0.2) is 5.15 Å². The Hall–Kier alpha value is -1.09. The van der Waals surface area contributed by atoms with E-state index < -0.39 is 0 Å². The van der Waals surface area contributed by atoms with Crippen LogP contribution in [0.15, 0.2) is 6.07 Å². The van der Waals surface area contributed by atoms with Gasteiger partial charge < -0.3 is 4.98 Å². The second kappa shape index (κ2) is 4.83. The van der Waals surface area contributed by atoms with Crippen LogP contribution in [0, 0.1) is 6.92 Å². The van der Waals surface area contributed by atoms with Crippen LogP contribution >= 0.6 is 11.6 Å². The van der Waals surface area contributed by atoms with Gasteiger partial charge in [0.25, 0.3) is 0 Å². The molecule has 0 saturated carbocycles. The molecule has 2 heterocycles. The third kappa shape index (κ3) is 2.35. The number of hydrogen-bond donors (Lipinski definition) is 1. The van der Waals surface area contributed by atoms with Crippen molar-refractivity contribution in [3.8, 4) is 0 Å².